The highest BCUT2D eigenvalue weighted by Gasteiger charge is 2.30. The highest BCUT2D eigenvalue weighted by Crippen LogP contribution is 2.37. The van der Waals surface area contributed by atoms with Crippen LogP contribution in [-0.2, 0) is 16.6 Å². The average Bonchev–Trinajstić information content (AvgIpc) is 3.03. The molecule has 0 radical (unpaired) electrons. The van der Waals surface area contributed by atoms with Crippen molar-refractivity contribution in [2.24, 2.45) is 0 Å². The van der Waals surface area contributed by atoms with Gasteiger partial charge in [0.1, 0.15) is 0 Å². The van der Waals surface area contributed by atoms with E-state index in [1.807, 2.05) is 4.57 Å². The predicted octanol–water partition coefficient (Wildman–Crippen LogP) is 1.15. The van der Waals surface area contributed by atoms with Crippen molar-refractivity contribution in [2.75, 3.05) is 0 Å². The second-order valence-corrected chi connectivity index (χ2v) is 6.93. The highest BCUT2D eigenvalue weighted by atomic mass is 32.2. The molecule has 6 heteroatoms. The number of hydrogen-bond acceptors (Lipinski definition) is 3. The van der Waals surface area contributed by atoms with Crippen molar-refractivity contribution in [2.45, 2.75) is 55.7 Å². The minimum atomic E-state index is -3.42. The maximum atomic E-state index is 12.2. The Morgan fingerprint density at radius 3 is 2.56 bits per heavy atom. The molecule has 2 aliphatic rings. The van der Waals surface area contributed by atoms with Crippen LogP contribution in [0.2, 0.25) is 0 Å². The summed E-state index contributed by atoms with van der Waals surface area (Å²) >= 11 is 0. The van der Waals surface area contributed by atoms with E-state index in [1.165, 1.54) is 0 Å². The van der Waals surface area contributed by atoms with E-state index in [1.54, 1.807) is 12.3 Å². The molecule has 2 N–H and O–H groups in total. The van der Waals surface area contributed by atoms with Gasteiger partial charge in [-0.15, -0.1) is 0 Å². The summed E-state index contributed by atoms with van der Waals surface area (Å²) in [7, 11) is -3.42. The molecular formula is C12H18N2O3S. The Bertz CT molecular complexity index is 542. The summed E-state index contributed by atoms with van der Waals surface area (Å²) in [6, 6.07) is 2.05. The molecule has 0 unspecified atom stereocenters. The SMILES string of the molecule is O=S(=O)(NC1CCC1)c1cc(CO)n(C2CC2)c1. The molecule has 2 fully saturated rings. The summed E-state index contributed by atoms with van der Waals surface area (Å²) in [5.41, 5.74) is 0.687. The first-order valence-corrected chi connectivity index (χ1v) is 7.92. The van der Waals surface area contributed by atoms with E-state index < -0.39 is 10.0 Å². The van der Waals surface area contributed by atoms with E-state index in [2.05, 4.69) is 4.72 Å². The molecule has 0 bridgehead atoms. The van der Waals surface area contributed by atoms with Gasteiger partial charge < -0.3 is 9.67 Å². The fourth-order valence-corrected chi connectivity index (χ4v) is 3.63. The van der Waals surface area contributed by atoms with Gasteiger partial charge in [0, 0.05) is 24.0 Å². The van der Waals surface area contributed by atoms with Crippen molar-refractivity contribution in [3.63, 3.8) is 0 Å². The number of rotatable bonds is 5. The predicted molar refractivity (Wildman–Crippen MR) is 66.6 cm³/mol. The molecule has 1 aromatic rings. The maximum Gasteiger partial charge on any atom is 0.242 e. The summed E-state index contributed by atoms with van der Waals surface area (Å²) in [6.07, 6.45) is 6.74. The molecule has 0 spiro atoms. The van der Waals surface area contributed by atoms with Crippen LogP contribution in [0.1, 0.15) is 43.8 Å². The van der Waals surface area contributed by atoms with Gasteiger partial charge in [0.15, 0.2) is 0 Å². The van der Waals surface area contributed by atoms with E-state index in [9.17, 15) is 13.5 Å². The average molecular weight is 270 g/mol. The lowest BCUT2D eigenvalue weighted by Gasteiger charge is -2.25. The van der Waals surface area contributed by atoms with Crippen LogP contribution in [0.15, 0.2) is 17.2 Å². The number of hydrogen-bond donors (Lipinski definition) is 2. The molecular weight excluding hydrogens is 252 g/mol. The largest absolute Gasteiger partial charge is 0.390 e. The Hall–Kier alpha value is -0.850. The lowest BCUT2D eigenvalue weighted by Crippen LogP contribution is -2.39. The van der Waals surface area contributed by atoms with Gasteiger partial charge in [-0.25, -0.2) is 13.1 Å². The molecule has 3 rings (SSSR count). The molecule has 0 atom stereocenters. The fourth-order valence-electron chi connectivity index (χ4n) is 2.28. The van der Waals surface area contributed by atoms with Gasteiger partial charge >= 0.3 is 0 Å². The number of sulfonamides is 1. The maximum absolute atomic E-state index is 12.2. The van der Waals surface area contributed by atoms with Gasteiger partial charge in [-0.3, -0.25) is 0 Å². The van der Waals surface area contributed by atoms with E-state index >= 15 is 0 Å². The molecule has 1 aromatic heterocycles. The van der Waals surface area contributed by atoms with Gasteiger partial charge in [-0.1, -0.05) is 6.42 Å². The van der Waals surface area contributed by atoms with Crippen LogP contribution < -0.4 is 4.72 Å². The number of aromatic nitrogens is 1. The topological polar surface area (TPSA) is 71.3 Å². The molecule has 18 heavy (non-hydrogen) atoms. The van der Waals surface area contributed by atoms with E-state index in [4.69, 9.17) is 0 Å². The molecule has 100 valence electrons. The number of aliphatic hydroxyl groups excluding tert-OH is 1. The fraction of sp³-hybridized carbons (Fsp3) is 0.667. The quantitative estimate of drug-likeness (QED) is 0.843. The molecule has 2 saturated carbocycles. The van der Waals surface area contributed by atoms with Crippen LogP contribution in [0, 0.1) is 0 Å². The Morgan fingerprint density at radius 1 is 1.33 bits per heavy atom. The first-order valence-electron chi connectivity index (χ1n) is 6.44. The zero-order valence-corrected chi connectivity index (χ0v) is 11.0. The Kier molecular flexibility index (Phi) is 2.96. The lowest BCUT2D eigenvalue weighted by atomic mass is 9.94. The molecule has 0 aromatic carbocycles. The minimum Gasteiger partial charge on any atom is -0.390 e. The van der Waals surface area contributed by atoms with Crippen LogP contribution in [0.3, 0.4) is 0 Å². The van der Waals surface area contributed by atoms with E-state index in [0.29, 0.717) is 11.7 Å². The third kappa shape index (κ3) is 2.20. The normalized spacial score (nSPS) is 20.9. The first kappa shape index (κ1) is 12.2. The Morgan fingerprint density at radius 2 is 2.06 bits per heavy atom. The van der Waals surface area contributed by atoms with Gasteiger partial charge in [-0.05, 0) is 31.7 Å². The van der Waals surface area contributed by atoms with Crippen LogP contribution in [0.5, 0.6) is 0 Å². The number of nitrogens with zero attached hydrogens (tertiary/aromatic N) is 1. The van der Waals surface area contributed by atoms with Crippen LogP contribution in [0.4, 0.5) is 0 Å². The second kappa shape index (κ2) is 4.36. The molecule has 0 saturated heterocycles. The summed E-state index contributed by atoms with van der Waals surface area (Å²) in [4.78, 5) is 0.283. The van der Waals surface area contributed by atoms with E-state index in [-0.39, 0.29) is 17.5 Å². The summed E-state index contributed by atoms with van der Waals surface area (Å²) < 4.78 is 28.9. The van der Waals surface area contributed by atoms with Gasteiger partial charge in [0.05, 0.1) is 11.5 Å². The van der Waals surface area contributed by atoms with Gasteiger partial charge in [0.2, 0.25) is 10.0 Å². The smallest absolute Gasteiger partial charge is 0.242 e. The first-order chi connectivity index (χ1) is 8.60. The second-order valence-electron chi connectivity index (χ2n) is 5.21. The van der Waals surface area contributed by atoms with Crippen molar-refractivity contribution in [1.29, 1.82) is 0 Å². The van der Waals surface area contributed by atoms with Crippen molar-refractivity contribution in [3.8, 4) is 0 Å². The third-order valence-corrected chi connectivity index (χ3v) is 5.23. The van der Waals surface area contributed by atoms with Crippen molar-refractivity contribution < 1.29 is 13.5 Å². The lowest BCUT2D eigenvalue weighted by molar-refractivity contribution is 0.270. The van der Waals surface area contributed by atoms with E-state index in [0.717, 1.165) is 32.1 Å². The summed E-state index contributed by atoms with van der Waals surface area (Å²) in [5.74, 6) is 0. The van der Waals surface area contributed by atoms with Crippen LogP contribution >= 0.6 is 0 Å². The van der Waals surface area contributed by atoms with Crippen molar-refractivity contribution in [3.05, 3.63) is 18.0 Å². The minimum absolute atomic E-state index is 0.0943. The Balaban J connectivity index is 1.85. The molecule has 5 nitrogen and oxygen atoms in total. The highest BCUT2D eigenvalue weighted by molar-refractivity contribution is 7.89. The van der Waals surface area contributed by atoms with Crippen LogP contribution in [-0.4, -0.2) is 24.1 Å². The molecule has 1 heterocycles. The molecule has 0 aliphatic heterocycles. The van der Waals surface area contributed by atoms with Crippen molar-refractivity contribution >= 4 is 10.0 Å². The van der Waals surface area contributed by atoms with Gasteiger partial charge in [-0.2, -0.15) is 0 Å². The standard InChI is InChI=1S/C12H18N2O3S/c15-8-11-6-12(7-14(11)10-4-5-10)18(16,17)13-9-2-1-3-9/h6-7,9-10,13,15H,1-5,8H2. The molecule has 2 aliphatic carbocycles. The zero-order chi connectivity index (χ0) is 12.8. The summed E-state index contributed by atoms with van der Waals surface area (Å²) in [6.45, 7) is -0.116. The monoisotopic (exact) mass is 270 g/mol. The molecule has 0 amide bonds. The van der Waals surface area contributed by atoms with Crippen molar-refractivity contribution in [1.82, 2.24) is 9.29 Å². The number of nitrogens with one attached hydrogen (secondary N) is 1. The van der Waals surface area contributed by atoms with Gasteiger partial charge in [0.25, 0.3) is 0 Å². The Labute approximate surface area is 107 Å². The zero-order valence-electron chi connectivity index (χ0n) is 10.2. The number of aliphatic hydroxyl groups is 1. The summed E-state index contributed by atoms with van der Waals surface area (Å²) in [5, 5.41) is 9.28. The van der Waals surface area contributed by atoms with Crippen LogP contribution in [0.25, 0.3) is 0 Å². The third-order valence-electron chi connectivity index (χ3n) is 3.75.